The van der Waals surface area contributed by atoms with Crippen LogP contribution in [0.1, 0.15) is 6.92 Å². The maximum absolute atomic E-state index is 10.4. The number of aliphatic hydroxyl groups excluding tert-OH is 1. The van der Waals surface area contributed by atoms with E-state index in [2.05, 4.69) is 5.32 Å². The first-order chi connectivity index (χ1) is 3.75. The van der Waals surface area contributed by atoms with Gasteiger partial charge in [-0.15, -0.1) is 0 Å². The summed E-state index contributed by atoms with van der Waals surface area (Å²) in [7, 11) is 0. The number of carbonyl (C=O) groups is 1. The van der Waals surface area contributed by atoms with Gasteiger partial charge in [-0.05, 0) is 0 Å². The van der Waals surface area contributed by atoms with Gasteiger partial charge in [0, 0.05) is 0 Å². The lowest BCUT2D eigenvalue weighted by atomic mass is 9.94. The third-order valence-corrected chi connectivity index (χ3v) is 1.54. The van der Waals surface area contributed by atoms with E-state index in [1.807, 2.05) is 0 Å². The van der Waals surface area contributed by atoms with Crippen molar-refractivity contribution in [1.82, 2.24) is 5.32 Å². The minimum absolute atomic E-state index is 0.0139. The SMILES string of the molecule is CC1C(=O)NC1CO. The molecule has 1 aliphatic heterocycles. The Morgan fingerprint density at radius 3 is 2.62 bits per heavy atom. The summed E-state index contributed by atoms with van der Waals surface area (Å²) in [6.07, 6.45) is 0. The molecule has 2 N–H and O–H groups in total. The van der Waals surface area contributed by atoms with Crippen LogP contribution in [-0.4, -0.2) is 23.7 Å². The molecule has 46 valence electrons. The van der Waals surface area contributed by atoms with E-state index in [9.17, 15) is 4.79 Å². The zero-order valence-electron chi connectivity index (χ0n) is 4.72. The van der Waals surface area contributed by atoms with Crippen molar-refractivity contribution in [2.75, 3.05) is 6.61 Å². The van der Waals surface area contributed by atoms with E-state index in [4.69, 9.17) is 5.11 Å². The van der Waals surface area contributed by atoms with Crippen LogP contribution in [0.3, 0.4) is 0 Å². The Morgan fingerprint density at radius 1 is 1.88 bits per heavy atom. The minimum Gasteiger partial charge on any atom is -0.394 e. The Kier molecular flexibility index (Phi) is 1.21. The van der Waals surface area contributed by atoms with E-state index in [1.54, 1.807) is 6.92 Å². The fraction of sp³-hybridized carbons (Fsp3) is 0.800. The second kappa shape index (κ2) is 1.74. The van der Waals surface area contributed by atoms with Crippen LogP contribution < -0.4 is 5.32 Å². The number of hydrogen-bond donors (Lipinski definition) is 2. The van der Waals surface area contributed by atoms with Crippen LogP contribution in [0, 0.1) is 5.92 Å². The first-order valence-electron chi connectivity index (χ1n) is 2.67. The molecular weight excluding hydrogens is 106 g/mol. The highest BCUT2D eigenvalue weighted by Gasteiger charge is 2.33. The molecule has 1 fully saturated rings. The van der Waals surface area contributed by atoms with Gasteiger partial charge in [0.05, 0.1) is 18.6 Å². The number of nitrogens with one attached hydrogen (secondary N) is 1. The highest BCUT2D eigenvalue weighted by molar-refractivity contribution is 5.85. The molecule has 0 aromatic heterocycles. The zero-order chi connectivity index (χ0) is 6.15. The van der Waals surface area contributed by atoms with Crippen LogP contribution in [0.15, 0.2) is 0 Å². The summed E-state index contributed by atoms with van der Waals surface area (Å²) < 4.78 is 0. The lowest BCUT2D eigenvalue weighted by Crippen LogP contribution is -2.58. The van der Waals surface area contributed by atoms with Gasteiger partial charge < -0.3 is 10.4 Å². The van der Waals surface area contributed by atoms with E-state index in [1.165, 1.54) is 0 Å². The van der Waals surface area contributed by atoms with E-state index >= 15 is 0 Å². The molecule has 3 heteroatoms. The second-order valence-corrected chi connectivity index (χ2v) is 2.09. The predicted octanol–water partition coefficient (Wildman–Crippen LogP) is -0.887. The molecule has 8 heavy (non-hydrogen) atoms. The average molecular weight is 115 g/mol. The number of aliphatic hydroxyl groups is 1. The summed E-state index contributed by atoms with van der Waals surface area (Å²) in [5.41, 5.74) is 0. The minimum atomic E-state index is 0.0139. The summed E-state index contributed by atoms with van der Waals surface area (Å²) in [5, 5.41) is 11.0. The van der Waals surface area contributed by atoms with Gasteiger partial charge in [-0.1, -0.05) is 6.92 Å². The van der Waals surface area contributed by atoms with Crippen LogP contribution in [-0.2, 0) is 4.79 Å². The Hall–Kier alpha value is -0.570. The molecule has 1 rings (SSSR count). The molecular formula is C5H9NO2. The van der Waals surface area contributed by atoms with Gasteiger partial charge >= 0.3 is 0 Å². The number of amides is 1. The van der Waals surface area contributed by atoms with Crippen molar-refractivity contribution in [1.29, 1.82) is 0 Å². The lowest BCUT2D eigenvalue weighted by Gasteiger charge is -2.32. The van der Waals surface area contributed by atoms with Crippen LogP contribution in [0.2, 0.25) is 0 Å². The molecule has 0 aliphatic carbocycles. The van der Waals surface area contributed by atoms with Gasteiger partial charge in [0.1, 0.15) is 0 Å². The van der Waals surface area contributed by atoms with Crippen LogP contribution in [0.25, 0.3) is 0 Å². The fourth-order valence-electron chi connectivity index (χ4n) is 0.729. The van der Waals surface area contributed by atoms with Crippen molar-refractivity contribution in [2.24, 2.45) is 5.92 Å². The molecule has 1 saturated heterocycles. The monoisotopic (exact) mass is 115 g/mol. The fourth-order valence-corrected chi connectivity index (χ4v) is 0.729. The summed E-state index contributed by atoms with van der Waals surface area (Å²) >= 11 is 0. The molecule has 0 bridgehead atoms. The normalized spacial score (nSPS) is 36.0. The third-order valence-electron chi connectivity index (χ3n) is 1.54. The Morgan fingerprint density at radius 2 is 2.50 bits per heavy atom. The molecule has 0 radical (unpaired) electrons. The second-order valence-electron chi connectivity index (χ2n) is 2.09. The maximum Gasteiger partial charge on any atom is 0.225 e. The van der Waals surface area contributed by atoms with Gasteiger partial charge in [0.25, 0.3) is 0 Å². The molecule has 0 aromatic rings. The van der Waals surface area contributed by atoms with Gasteiger partial charge in [-0.3, -0.25) is 4.79 Å². The summed E-state index contributed by atoms with van der Waals surface area (Å²) in [5.74, 6) is 0.0593. The number of carbonyl (C=O) groups excluding carboxylic acids is 1. The summed E-state index contributed by atoms with van der Waals surface area (Å²) in [4.78, 5) is 10.4. The molecule has 0 aromatic carbocycles. The lowest BCUT2D eigenvalue weighted by molar-refractivity contribution is -0.135. The van der Waals surface area contributed by atoms with E-state index in [0.717, 1.165) is 0 Å². The number of β-lactam (4-membered cyclic amide) rings is 1. The summed E-state index contributed by atoms with van der Waals surface area (Å²) in [6, 6.07) is 0.0162. The van der Waals surface area contributed by atoms with Crippen molar-refractivity contribution >= 4 is 5.91 Å². The van der Waals surface area contributed by atoms with Gasteiger partial charge in [-0.25, -0.2) is 0 Å². The first-order valence-corrected chi connectivity index (χ1v) is 2.67. The first kappa shape index (κ1) is 5.56. The van der Waals surface area contributed by atoms with Crippen LogP contribution >= 0.6 is 0 Å². The Balaban J connectivity index is 2.35. The largest absolute Gasteiger partial charge is 0.394 e. The highest BCUT2D eigenvalue weighted by Crippen LogP contribution is 2.11. The molecule has 0 saturated carbocycles. The van der Waals surface area contributed by atoms with Crippen molar-refractivity contribution < 1.29 is 9.90 Å². The topological polar surface area (TPSA) is 49.3 Å². The van der Waals surface area contributed by atoms with E-state index in [-0.39, 0.29) is 24.5 Å². The number of hydrogen-bond acceptors (Lipinski definition) is 2. The molecule has 3 nitrogen and oxygen atoms in total. The molecule has 1 heterocycles. The van der Waals surface area contributed by atoms with Crippen molar-refractivity contribution in [2.45, 2.75) is 13.0 Å². The molecule has 1 amide bonds. The van der Waals surface area contributed by atoms with Gasteiger partial charge in [0.15, 0.2) is 0 Å². The third kappa shape index (κ3) is 0.591. The van der Waals surface area contributed by atoms with Crippen LogP contribution in [0.5, 0.6) is 0 Å². The smallest absolute Gasteiger partial charge is 0.225 e. The van der Waals surface area contributed by atoms with Gasteiger partial charge in [-0.2, -0.15) is 0 Å². The molecule has 2 atom stereocenters. The molecule has 1 aliphatic rings. The van der Waals surface area contributed by atoms with Crippen molar-refractivity contribution in [3.05, 3.63) is 0 Å². The molecule has 0 spiro atoms. The van der Waals surface area contributed by atoms with Crippen molar-refractivity contribution in [3.8, 4) is 0 Å². The van der Waals surface area contributed by atoms with Crippen molar-refractivity contribution in [3.63, 3.8) is 0 Å². The zero-order valence-corrected chi connectivity index (χ0v) is 4.72. The predicted molar refractivity (Wildman–Crippen MR) is 28.2 cm³/mol. The summed E-state index contributed by atoms with van der Waals surface area (Å²) in [6.45, 7) is 1.87. The standard InChI is InChI=1S/C5H9NO2/c1-3-4(2-7)6-5(3)8/h3-4,7H,2H2,1H3,(H,6,8). The average Bonchev–Trinajstić information content (AvgIpc) is 1.81. The quantitative estimate of drug-likeness (QED) is 0.436. The molecule has 2 unspecified atom stereocenters. The number of rotatable bonds is 1. The highest BCUT2D eigenvalue weighted by atomic mass is 16.3. The maximum atomic E-state index is 10.4. The Labute approximate surface area is 47.7 Å². The van der Waals surface area contributed by atoms with Gasteiger partial charge in [0.2, 0.25) is 5.91 Å². The van der Waals surface area contributed by atoms with Crippen LogP contribution in [0.4, 0.5) is 0 Å². The van der Waals surface area contributed by atoms with E-state index < -0.39 is 0 Å². The van der Waals surface area contributed by atoms with E-state index in [0.29, 0.717) is 0 Å². The Bertz CT molecular complexity index is 113.